The highest BCUT2D eigenvalue weighted by atomic mass is 16.3. The van der Waals surface area contributed by atoms with E-state index in [4.69, 9.17) is 4.42 Å². The van der Waals surface area contributed by atoms with Crippen molar-refractivity contribution >= 4 is 11.2 Å². The molecule has 46 valence electrons. The van der Waals surface area contributed by atoms with Crippen LogP contribution in [0.2, 0.25) is 0 Å². The summed E-state index contributed by atoms with van der Waals surface area (Å²) in [6.45, 7) is 0. The van der Waals surface area contributed by atoms with Crippen LogP contribution in [0.5, 0.6) is 0 Å². The molecule has 0 aliphatic rings. The van der Waals surface area contributed by atoms with Crippen LogP contribution in [0.15, 0.2) is 16.7 Å². The van der Waals surface area contributed by atoms with Crippen LogP contribution < -0.4 is 0 Å². The van der Waals surface area contributed by atoms with Crippen molar-refractivity contribution in [1.82, 2.24) is 15.0 Å². The highest BCUT2D eigenvalue weighted by Gasteiger charge is 2.00. The fraction of sp³-hybridized carbons (Fsp3) is 0.200. The van der Waals surface area contributed by atoms with E-state index in [0.717, 1.165) is 11.2 Å². The zero-order chi connectivity index (χ0) is 6.27. The summed E-state index contributed by atoms with van der Waals surface area (Å²) >= 11 is 0. The van der Waals surface area contributed by atoms with Gasteiger partial charge in [0.05, 0.1) is 6.26 Å². The molecule has 0 saturated heterocycles. The van der Waals surface area contributed by atoms with E-state index in [2.05, 4.69) is 10.3 Å². The van der Waals surface area contributed by atoms with E-state index in [0.29, 0.717) is 0 Å². The number of fused-ring (bicyclic) bond motifs is 1. The fourth-order valence-corrected chi connectivity index (χ4v) is 0.769. The average molecular weight is 123 g/mol. The summed E-state index contributed by atoms with van der Waals surface area (Å²) in [6.07, 6.45) is 1.60. The third-order valence-corrected chi connectivity index (χ3v) is 1.21. The maximum atomic E-state index is 5.03. The van der Waals surface area contributed by atoms with Crippen LogP contribution in [0.3, 0.4) is 0 Å². The van der Waals surface area contributed by atoms with Gasteiger partial charge in [0.15, 0.2) is 5.52 Å². The van der Waals surface area contributed by atoms with Crippen LogP contribution in [0.25, 0.3) is 11.2 Å². The Balaban J connectivity index is 2.99. The molecule has 0 N–H and O–H groups in total. The molecule has 0 spiro atoms. The maximum Gasteiger partial charge on any atom is 0.244 e. The molecule has 2 heterocycles. The topological polar surface area (TPSA) is 43.9 Å². The first kappa shape index (κ1) is 4.55. The van der Waals surface area contributed by atoms with Gasteiger partial charge in [0, 0.05) is 13.1 Å². The van der Waals surface area contributed by atoms with Crippen molar-refractivity contribution in [1.29, 1.82) is 0 Å². The quantitative estimate of drug-likeness (QED) is 0.514. The Morgan fingerprint density at radius 2 is 2.56 bits per heavy atom. The average Bonchev–Trinajstić information content (AvgIpc) is 2.35. The number of furan rings is 1. The zero-order valence-corrected chi connectivity index (χ0v) is 4.90. The summed E-state index contributed by atoms with van der Waals surface area (Å²) < 4.78 is 6.62. The number of aromatic nitrogens is 3. The SMILES string of the molecule is Cn1nnc2ccoc21. The van der Waals surface area contributed by atoms with E-state index < -0.39 is 0 Å². The van der Waals surface area contributed by atoms with Gasteiger partial charge < -0.3 is 4.42 Å². The van der Waals surface area contributed by atoms with Crippen LogP contribution in [0.4, 0.5) is 0 Å². The number of hydrogen-bond donors (Lipinski definition) is 0. The van der Waals surface area contributed by atoms with E-state index in [-0.39, 0.29) is 0 Å². The molecule has 2 aromatic heterocycles. The monoisotopic (exact) mass is 123 g/mol. The molecule has 0 fully saturated rings. The van der Waals surface area contributed by atoms with Gasteiger partial charge in [0.1, 0.15) is 0 Å². The van der Waals surface area contributed by atoms with Crippen molar-refractivity contribution in [2.24, 2.45) is 7.05 Å². The minimum Gasteiger partial charge on any atom is -0.445 e. The molecular formula is C5H5N3O. The van der Waals surface area contributed by atoms with Gasteiger partial charge >= 0.3 is 0 Å². The lowest BCUT2D eigenvalue weighted by atomic mass is 10.6. The first-order valence-corrected chi connectivity index (χ1v) is 2.61. The molecule has 4 nitrogen and oxygen atoms in total. The largest absolute Gasteiger partial charge is 0.445 e. The first-order chi connectivity index (χ1) is 4.38. The van der Waals surface area contributed by atoms with Crippen LogP contribution in [0.1, 0.15) is 0 Å². The molecule has 0 aliphatic heterocycles. The Hall–Kier alpha value is -1.32. The number of aryl methyl sites for hydroxylation is 1. The summed E-state index contributed by atoms with van der Waals surface area (Å²) in [5.41, 5.74) is 1.52. The van der Waals surface area contributed by atoms with E-state index in [9.17, 15) is 0 Å². The van der Waals surface area contributed by atoms with Gasteiger partial charge in [-0.15, -0.1) is 5.10 Å². The Kier molecular flexibility index (Phi) is 0.677. The van der Waals surface area contributed by atoms with Crippen molar-refractivity contribution < 1.29 is 4.42 Å². The molecule has 0 radical (unpaired) electrons. The minimum atomic E-state index is 0.718. The Morgan fingerprint density at radius 1 is 1.67 bits per heavy atom. The van der Waals surface area contributed by atoms with Gasteiger partial charge in [-0.05, 0) is 0 Å². The predicted octanol–water partition coefficient (Wildman–Crippen LogP) is 0.561. The van der Waals surface area contributed by atoms with Crippen molar-refractivity contribution in [3.05, 3.63) is 12.3 Å². The smallest absolute Gasteiger partial charge is 0.244 e. The van der Waals surface area contributed by atoms with Crippen LogP contribution in [-0.4, -0.2) is 15.0 Å². The molecular weight excluding hydrogens is 118 g/mol. The minimum absolute atomic E-state index is 0.718. The van der Waals surface area contributed by atoms with Crippen molar-refractivity contribution in [2.75, 3.05) is 0 Å². The lowest BCUT2D eigenvalue weighted by Crippen LogP contribution is -1.87. The standard InChI is InChI=1S/C5H5N3O/c1-8-5-4(6-7-8)2-3-9-5/h2-3H,1H3. The first-order valence-electron chi connectivity index (χ1n) is 2.61. The fourth-order valence-electron chi connectivity index (χ4n) is 0.769. The van der Waals surface area contributed by atoms with E-state index in [1.54, 1.807) is 24.1 Å². The van der Waals surface area contributed by atoms with Crippen molar-refractivity contribution in [3.8, 4) is 0 Å². The second kappa shape index (κ2) is 1.34. The number of hydrogen-bond acceptors (Lipinski definition) is 3. The number of nitrogens with zero attached hydrogens (tertiary/aromatic N) is 3. The van der Waals surface area contributed by atoms with E-state index >= 15 is 0 Å². The lowest BCUT2D eigenvalue weighted by Gasteiger charge is -1.80. The van der Waals surface area contributed by atoms with Crippen molar-refractivity contribution in [3.63, 3.8) is 0 Å². The molecule has 0 saturated carbocycles. The Morgan fingerprint density at radius 3 is 3.33 bits per heavy atom. The second-order valence-electron chi connectivity index (χ2n) is 1.82. The molecule has 9 heavy (non-hydrogen) atoms. The molecule has 0 aliphatic carbocycles. The molecule has 0 aromatic carbocycles. The van der Waals surface area contributed by atoms with Crippen LogP contribution in [0, 0.1) is 0 Å². The zero-order valence-electron chi connectivity index (χ0n) is 4.90. The highest BCUT2D eigenvalue weighted by molar-refractivity contribution is 5.66. The summed E-state index contributed by atoms with van der Waals surface area (Å²) in [4.78, 5) is 0. The third kappa shape index (κ3) is 0.468. The molecule has 0 amide bonds. The second-order valence-corrected chi connectivity index (χ2v) is 1.82. The van der Waals surface area contributed by atoms with Gasteiger partial charge in [0.25, 0.3) is 0 Å². The molecule has 0 unspecified atom stereocenters. The summed E-state index contributed by atoms with van der Waals surface area (Å²) in [5.74, 6) is 0. The molecule has 4 heteroatoms. The van der Waals surface area contributed by atoms with E-state index in [1.807, 2.05) is 0 Å². The van der Waals surface area contributed by atoms with E-state index in [1.165, 1.54) is 0 Å². The summed E-state index contributed by atoms with van der Waals surface area (Å²) in [6, 6.07) is 1.78. The maximum absolute atomic E-state index is 5.03. The molecule has 2 rings (SSSR count). The normalized spacial score (nSPS) is 10.8. The molecule has 0 atom stereocenters. The third-order valence-electron chi connectivity index (χ3n) is 1.21. The van der Waals surface area contributed by atoms with Crippen LogP contribution >= 0.6 is 0 Å². The molecule has 0 bridgehead atoms. The predicted molar refractivity (Wildman–Crippen MR) is 30.8 cm³/mol. The van der Waals surface area contributed by atoms with Gasteiger partial charge in [-0.25, -0.2) is 4.68 Å². The van der Waals surface area contributed by atoms with Gasteiger partial charge in [-0.3, -0.25) is 0 Å². The van der Waals surface area contributed by atoms with Crippen LogP contribution in [-0.2, 0) is 7.05 Å². The van der Waals surface area contributed by atoms with Gasteiger partial charge in [0.2, 0.25) is 5.71 Å². The Bertz CT molecular complexity index is 321. The summed E-state index contributed by atoms with van der Waals surface area (Å²) in [5, 5.41) is 7.53. The number of rotatable bonds is 0. The van der Waals surface area contributed by atoms with Gasteiger partial charge in [-0.2, -0.15) is 0 Å². The van der Waals surface area contributed by atoms with Crippen molar-refractivity contribution in [2.45, 2.75) is 0 Å². The summed E-state index contributed by atoms with van der Waals surface area (Å²) in [7, 11) is 1.79. The lowest BCUT2D eigenvalue weighted by molar-refractivity contribution is 0.561. The molecule has 2 aromatic rings. The Labute approximate surface area is 51.1 Å². The van der Waals surface area contributed by atoms with Gasteiger partial charge in [-0.1, -0.05) is 5.21 Å². The highest BCUT2D eigenvalue weighted by Crippen LogP contribution is 2.08.